The molecule has 5 nitrogen and oxygen atoms in total. The van der Waals surface area contributed by atoms with Crippen LogP contribution < -0.4 is 5.32 Å². The Morgan fingerprint density at radius 1 is 1.09 bits per heavy atom. The van der Waals surface area contributed by atoms with Crippen molar-refractivity contribution in [1.29, 1.82) is 5.26 Å². The van der Waals surface area contributed by atoms with Gasteiger partial charge in [-0.2, -0.15) is 5.26 Å². The third-order valence-corrected chi connectivity index (χ3v) is 7.84. The van der Waals surface area contributed by atoms with Gasteiger partial charge < -0.3 is 10.1 Å². The normalized spacial score (nSPS) is 29.2. The summed E-state index contributed by atoms with van der Waals surface area (Å²) in [6.07, 6.45) is 6.23. The molecule has 2 saturated heterocycles. The van der Waals surface area contributed by atoms with Gasteiger partial charge in [-0.1, -0.05) is 35.9 Å². The average molecular weight is 442 g/mol. The van der Waals surface area contributed by atoms with Crippen molar-refractivity contribution >= 4 is 23.2 Å². The molecule has 1 saturated carbocycles. The van der Waals surface area contributed by atoms with Crippen LogP contribution in [0.3, 0.4) is 0 Å². The number of fused-ring (bicyclic) bond motifs is 5. The number of benzene rings is 2. The Balaban J connectivity index is 1.33. The highest BCUT2D eigenvalue weighted by atomic mass is 35.5. The summed E-state index contributed by atoms with van der Waals surface area (Å²) in [6.45, 7) is 0. The van der Waals surface area contributed by atoms with E-state index in [2.05, 4.69) is 16.4 Å². The maximum atomic E-state index is 13.6. The standard InChI is InChI=1S/C26H20ClN3O2/c27-21-4-2-1-3-20(21)19-6-5-18(13-16(19)14-28)30-24(31)26-15-25(26,17-9-11-29-12-10-17)22-7-8-23(26)32-22/h1-6,9-13,22-23H,7-8,15H2,(H,30,31). The number of nitrogens with zero attached hydrogens (tertiary/aromatic N) is 2. The van der Waals surface area contributed by atoms with E-state index < -0.39 is 5.41 Å². The molecule has 4 atom stereocenters. The molecule has 158 valence electrons. The van der Waals surface area contributed by atoms with Crippen molar-refractivity contribution in [2.45, 2.75) is 36.9 Å². The van der Waals surface area contributed by atoms with E-state index in [1.54, 1.807) is 24.5 Å². The molecule has 6 rings (SSSR count). The number of ether oxygens (including phenoxy) is 1. The molecule has 6 heteroatoms. The maximum Gasteiger partial charge on any atom is 0.234 e. The van der Waals surface area contributed by atoms with Crippen LogP contribution in [0.2, 0.25) is 5.02 Å². The first-order chi connectivity index (χ1) is 15.6. The largest absolute Gasteiger partial charge is 0.373 e. The van der Waals surface area contributed by atoms with E-state index in [0.717, 1.165) is 36.0 Å². The minimum Gasteiger partial charge on any atom is -0.373 e. The monoisotopic (exact) mass is 441 g/mol. The molecule has 3 heterocycles. The number of anilines is 1. The lowest BCUT2D eigenvalue weighted by Crippen LogP contribution is -2.39. The van der Waals surface area contributed by atoms with Crippen LogP contribution in [-0.2, 0) is 14.9 Å². The SMILES string of the molecule is N#Cc1cc(NC(=O)C23CC2(c2ccncc2)C2CCC3O2)ccc1-c1ccccc1Cl. The van der Waals surface area contributed by atoms with Gasteiger partial charge in [0.05, 0.1) is 29.3 Å². The molecule has 0 spiro atoms. The first-order valence-corrected chi connectivity index (χ1v) is 11.1. The van der Waals surface area contributed by atoms with E-state index in [9.17, 15) is 10.1 Å². The third kappa shape index (κ3) is 2.48. The fourth-order valence-corrected chi connectivity index (χ4v) is 6.29. The van der Waals surface area contributed by atoms with Gasteiger partial charge in [0.25, 0.3) is 0 Å². The first-order valence-electron chi connectivity index (χ1n) is 10.8. The Morgan fingerprint density at radius 3 is 2.66 bits per heavy atom. The predicted octanol–water partition coefficient (Wildman–Crippen LogP) is 5.10. The molecule has 3 fully saturated rings. The summed E-state index contributed by atoms with van der Waals surface area (Å²) >= 11 is 6.33. The van der Waals surface area contributed by atoms with Crippen LogP contribution in [0.5, 0.6) is 0 Å². The molecule has 0 radical (unpaired) electrons. The van der Waals surface area contributed by atoms with Crippen LogP contribution in [0.4, 0.5) is 5.69 Å². The van der Waals surface area contributed by atoms with Crippen LogP contribution >= 0.6 is 11.6 Å². The molecule has 3 aromatic rings. The van der Waals surface area contributed by atoms with Crippen LogP contribution in [0.1, 0.15) is 30.4 Å². The first kappa shape index (κ1) is 19.5. The smallest absolute Gasteiger partial charge is 0.234 e. The molecule has 1 amide bonds. The summed E-state index contributed by atoms with van der Waals surface area (Å²) in [5, 5.41) is 13.4. The molecule has 3 aliphatic rings. The molecular formula is C26H20ClN3O2. The minimum absolute atomic E-state index is 0.0316. The Bertz CT molecular complexity index is 1290. The zero-order valence-corrected chi connectivity index (χ0v) is 18.0. The molecule has 1 aromatic heterocycles. The zero-order chi connectivity index (χ0) is 21.9. The number of hydrogen-bond acceptors (Lipinski definition) is 4. The number of rotatable bonds is 4. The zero-order valence-electron chi connectivity index (χ0n) is 17.2. The van der Waals surface area contributed by atoms with E-state index in [-0.39, 0.29) is 23.5 Å². The van der Waals surface area contributed by atoms with Gasteiger partial charge in [0.1, 0.15) is 0 Å². The summed E-state index contributed by atoms with van der Waals surface area (Å²) in [6, 6.07) is 19.1. The number of carbonyl (C=O) groups excluding carboxylic acids is 1. The molecular weight excluding hydrogens is 422 g/mol. The van der Waals surface area contributed by atoms with Crippen LogP contribution in [0.25, 0.3) is 11.1 Å². The number of amides is 1. The van der Waals surface area contributed by atoms with Gasteiger partial charge in [0.2, 0.25) is 5.91 Å². The van der Waals surface area contributed by atoms with E-state index in [0.29, 0.717) is 16.3 Å². The fraction of sp³-hybridized carbons (Fsp3) is 0.269. The number of pyridine rings is 1. The van der Waals surface area contributed by atoms with Gasteiger partial charge in [0.15, 0.2) is 0 Å². The summed E-state index contributed by atoms with van der Waals surface area (Å²) in [5.41, 5.74) is 2.90. The second-order valence-electron chi connectivity index (χ2n) is 8.85. The summed E-state index contributed by atoms with van der Waals surface area (Å²) in [5.74, 6) is -0.0316. The van der Waals surface area contributed by atoms with Crippen molar-refractivity contribution in [3.8, 4) is 17.2 Å². The Kier molecular flexibility index (Phi) is 4.20. The van der Waals surface area contributed by atoms with Crippen molar-refractivity contribution in [1.82, 2.24) is 4.98 Å². The minimum atomic E-state index is -0.564. The molecule has 2 aliphatic heterocycles. The number of carbonyl (C=O) groups is 1. The highest BCUT2D eigenvalue weighted by Gasteiger charge is 2.85. The number of halogens is 1. The van der Waals surface area contributed by atoms with Gasteiger partial charge in [-0.15, -0.1) is 0 Å². The Morgan fingerprint density at radius 2 is 1.88 bits per heavy atom. The van der Waals surface area contributed by atoms with E-state index >= 15 is 0 Å². The Labute approximate surface area is 191 Å². The molecule has 4 unspecified atom stereocenters. The Hall–Kier alpha value is -3.20. The van der Waals surface area contributed by atoms with E-state index in [1.807, 2.05) is 42.5 Å². The van der Waals surface area contributed by atoms with Crippen molar-refractivity contribution in [2.75, 3.05) is 5.32 Å². The molecule has 32 heavy (non-hydrogen) atoms. The van der Waals surface area contributed by atoms with Gasteiger partial charge in [-0.3, -0.25) is 9.78 Å². The van der Waals surface area contributed by atoms with Crippen LogP contribution in [0, 0.1) is 16.7 Å². The molecule has 1 aliphatic carbocycles. The van der Waals surface area contributed by atoms with Crippen molar-refractivity contribution in [3.63, 3.8) is 0 Å². The summed E-state index contributed by atoms with van der Waals surface area (Å²) < 4.78 is 6.24. The molecule has 1 N–H and O–H groups in total. The van der Waals surface area contributed by atoms with Gasteiger partial charge in [0, 0.05) is 39.6 Å². The van der Waals surface area contributed by atoms with Crippen molar-refractivity contribution < 1.29 is 9.53 Å². The fourth-order valence-electron chi connectivity index (χ4n) is 6.06. The second kappa shape index (κ2) is 6.90. The molecule has 2 aromatic carbocycles. The van der Waals surface area contributed by atoms with Gasteiger partial charge in [-0.05, 0) is 55.2 Å². The quantitative estimate of drug-likeness (QED) is 0.611. The highest BCUT2D eigenvalue weighted by Crippen LogP contribution is 2.77. The molecule has 2 bridgehead atoms. The maximum absolute atomic E-state index is 13.6. The summed E-state index contributed by atoms with van der Waals surface area (Å²) in [7, 11) is 0. The average Bonchev–Trinajstić information content (AvgIpc) is 3.23. The second-order valence-corrected chi connectivity index (χ2v) is 9.26. The number of hydrogen-bond donors (Lipinski definition) is 1. The topological polar surface area (TPSA) is 75.0 Å². The third-order valence-electron chi connectivity index (χ3n) is 7.51. The summed E-state index contributed by atoms with van der Waals surface area (Å²) in [4.78, 5) is 17.8. The number of aromatic nitrogens is 1. The van der Waals surface area contributed by atoms with Crippen LogP contribution in [0.15, 0.2) is 67.0 Å². The van der Waals surface area contributed by atoms with Crippen LogP contribution in [-0.4, -0.2) is 23.1 Å². The lowest BCUT2D eigenvalue weighted by molar-refractivity contribution is -0.124. The highest BCUT2D eigenvalue weighted by molar-refractivity contribution is 6.33. The van der Waals surface area contributed by atoms with Crippen molar-refractivity contribution in [2.24, 2.45) is 5.41 Å². The van der Waals surface area contributed by atoms with E-state index in [1.165, 1.54) is 0 Å². The number of nitrogens with one attached hydrogen (secondary N) is 1. The van der Waals surface area contributed by atoms with Crippen molar-refractivity contribution in [3.05, 3.63) is 83.1 Å². The van der Waals surface area contributed by atoms with Gasteiger partial charge >= 0.3 is 0 Å². The predicted molar refractivity (Wildman–Crippen MR) is 121 cm³/mol. The lowest BCUT2D eigenvalue weighted by atomic mass is 9.75. The number of nitriles is 1. The van der Waals surface area contributed by atoms with E-state index in [4.69, 9.17) is 16.3 Å². The van der Waals surface area contributed by atoms with Gasteiger partial charge in [-0.25, -0.2) is 0 Å². The lowest BCUT2D eigenvalue weighted by Gasteiger charge is -2.26.